The Hall–Kier alpha value is -6.92. The molecule has 10 aromatic rings. The van der Waals surface area contributed by atoms with Crippen LogP contribution in [0.15, 0.2) is 225 Å². The van der Waals surface area contributed by atoms with Gasteiger partial charge in [0.15, 0.2) is 0 Å². The molecule has 7 aromatic carbocycles. The van der Waals surface area contributed by atoms with Crippen LogP contribution in [0.5, 0.6) is 0 Å². The molecule has 10 rings (SSSR count). The summed E-state index contributed by atoms with van der Waals surface area (Å²) >= 11 is -3.78. The monoisotopic (exact) mass is 1060 g/mol. The van der Waals surface area contributed by atoms with Gasteiger partial charge in [-0.05, 0) is 45.0 Å². The molecule has 0 spiro atoms. The summed E-state index contributed by atoms with van der Waals surface area (Å²) in [5, 5.41) is 0. The van der Waals surface area contributed by atoms with Crippen LogP contribution in [0.3, 0.4) is 0 Å². The van der Waals surface area contributed by atoms with Gasteiger partial charge in [0.1, 0.15) is 0 Å². The van der Waals surface area contributed by atoms with Crippen LogP contribution in [0.25, 0.3) is 78.3 Å². The first-order valence-corrected chi connectivity index (χ1v) is 40.2. The molecule has 0 aliphatic rings. The number of benzene rings is 7. The van der Waals surface area contributed by atoms with Gasteiger partial charge in [0.25, 0.3) is 0 Å². The van der Waals surface area contributed by atoms with E-state index in [0.717, 1.165) is 70.6 Å². The second-order valence-electron chi connectivity index (χ2n) is 21.3. The van der Waals surface area contributed by atoms with E-state index in [-0.39, 0.29) is 0 Å². The van der Waals surface area contributed by atoms with Gasteiger partial charge in [0, 0.05) is 17.3 Å². The number of rotatable bonds is 15. The summed E-state index contributed by atoms with van der Waals surface area (Å²) in [6.45, 7) is 0. The van der Waals surface area contributed by atoms with Gasteiger partial charge in [-0.3, -0.25) is 4.98 Å². The maximum atomic E-state index is 5.14. The second-order valence-corrected chi connectivity index (χ2v) is 42.6. The quantitative estimate of drug-likeness (QED) is 0.0961. The summed E-state index contributed by atoms with van der Waals surface area (Å²) in [5.74, 6) is 14.6. The normalized spacial score (nSPS) is 11.7. The van der Waals surface area contributed by atoms with E-state index in [1.165, 1.54) is 64.4 Å². The molecular formula is C67H63Ge2N3. The van der Waals surface area contributed by atoms with Crippen molar-refractivity contribution in [2.45, 2.75) is 60.2 Å². The Balaban J connectivity index is 0.982. The van der Waals surface area contributed by atoms with Crippen LogP contribution in [-0.4, -0.2) is 41.5 Å². The molecule has 72 heavy (non-hydrogen) atoms. The number of hydrogen-bond acceptors (Lipinski definition) is 3. The zero-order valence-corrected chi connectivity index (χ0v) is 46.7. The molecule has 5 heteroatoms. The second kappa shape index (κ2) is 21.4. The zero-order valence-electron chi connectivity index (χ0n) is 42.5. The van der Waals surface area contributed by atoms with E-state index < -0.39 is 26.5 Å². The fraction of sp³-hybridized carbons (Fsp3) is 0.149. The van der Waals surface area contributed by atoms with Gasteiger partial charge in [0.05, 0.1) is 5.69 Å². The molecule has 0 aliphatic carbocycles. The topological polar surface area (TPSA) is 38.7 Å². The molecule has 3 nitrogen and oxygen atoms in total. The van der Waals surface area contributed by atoms with E-state index in [1.807, 2.05) is 0 Å². The van der Waals surface area contributed by atoms with Gasteiger partial charge < -0.3 is 0 Å². The molecule has 3 heterocycles. The molecule has 0 fully saturated rings. The molecule has 0 aliphatic heterocycles. The van der Waals surface area contributed by atoms with E-state index in [9.17, 15) is 0 Å². The van der Waals surface area contributed by atoms with Gasteiger partial charge in [0.2, 0.25) is 0 Å². The Morgan fingerprint density at radius 3 is 1.15 bits per heavy atom. The van der Waals surface area contributed by atoms with Crippen molar-refractivity contribution in [2.24, 2.45) is 0 Å². The molecule has 0 N–H and O–H groups in total. The first kappa shape index (κ1) is 48.7. The van der Waals surface area contributed by atoms with Crippen molar-refractivity contribution in [1.29, 1.82) is 0 Å². The van der Waals surface area contributed by atoms with E-state index in [0.29, 0.717) is 0 Å². The van der Waals surface area contributed by atoms with E-state index in [2.05, 4.69) is 259 Å². The van der Waals surface area contributed by atoms with Crippen LogP contribution in [0.4, 0.5) is 0 Å². The average Bonchev–Trinajstić information content (AvgIpc) is 3.42. The molecule has 0 atom stereocenters. The molecular weight excluding hydrogens is 992 g/mol. The van der Waals surface area contributed by atoms with Crippen molar-refractivity contribution >= 4 is 35.3 Å². The number of aryl methyl sites for hydroxylation is 4. The van der Waals surface area contributed by atoms with Crippen LogP contribution >= 0.6 is 0 Å². The third-order valence-corrected chi connectivity index (χ3v) is 22.7. The third kappa shape index (κ3) is 11.5. The van der Waals surface area contributed by atoms with Crippen molar-refractivity contribution in [3.63, 3.8) is 0 Å². The maximum absolute atomic E-state index is 5.14. The fourth-order valence-electron chi connectivity index (χ4n) is 9.67. The molecule has 0 unspecified atom stereocenters. The first-order valence-electron chi connectivity index (χ1n) is 25.5. The van der Waals surface area contributed by atoms with Crippen molar-refractivity contribution in [3.05, 3.63) is 247 Å². The van der Waals surface area contributed by atoms with Gasteiger partial charge in [-0.15, -0.1) is 0 Å². The number of pyridine rings is 3. The van der Waals surface area contributed by atoms with Crippen LogP contribution in [0.1, 0.15) is 22.3 Å². The minimum atomic E-state index is -1.89. The van der Waals surface area contributed by atoms with E-state index >= 15 is 0 Å². The summed E-state index contributed by atoms with van der Waals surface area (Å²) in [5.41, 5.74) is 20.9. The van der Waals surface area contributed by atoms with Crippen molar-refractivity contribution in [2.75, 3.05) is 0 Å². The fourth-order valence-corrected chi connectivity index (χ4v) is 14.6. The van der Waals surface area contributed by atoms with Crippen molar-refractivity contribution in [3.8, 4) is 78.3 Å². The molecule has 0 radical (unpaired) electrons. The number of hydrogen-bond donors (Lipinski definition) is 0. The number of aromatic nitrogens is 3. The predicted octanol–water partition coefficient (Wildman–Crippen LogP) is 16.2. The summed E-state index contributed by atoms with van der Waals surface area (Å²) in [6, 6.07) is 75.6. The third-order valence-electron chi connectivity index (χ3n) is 14.0. The summed E-state index contributed by atoms with van der Waals surface area (Å²) < 4.78 is 3.03. The average molecular weight is 1060 g/mol. The predicted molar refractivity (Wildman–Crippen MR) is 312 cm³/mol. The van der Waals surface area contributed by atoms with Gasteiger partial charge in [-0.1, -0.05) is 109 Å². The molecule has 3 aromatic heterocycles. The van der Waals surface area contributed by atoms with Crippen LogP contribution < -0.4 is 8.79 Å². The van der Waals surface area contributed by atoms with Gasteiger partial charge >= 0.3 is 254 Å². The summed E-state index contributed by atoms with van der Waals surface area (Å²) in [4.78, 5) is 15.1. The summed E-state index contributed by atoms with van der Waals surface area (Å²) in [7, 11) is 0. The van der Waals surface area contributed by atoms with Crippen molar-refractivity contribution in [1.82, 2.24) is 15.0 Å². The van der Waals surface area contributed by atoms with Crippen molar-refractivity contribution < 1.29 is 0 Å². The molecule has 0 saturated heterocycles. The van der Waals surface area contributed by atoms with Gasteiger partial charge in [-0.25, -0.2) is 0 Å². The molecule has 0 amide bonds. The molecule has 354 valence electrons. The van der Waals surface area contributed by atoms with Crippen LogP contribution in [0.2, 0.25) is 34.5 Å². The number of nitrogens with zero attached hydrogens (tertiary/aromatic N) is 3. The zero-order chi connectivity index (χ0) is 49.7. The van der Waals surface area contributed by atoms with E-state index in [4.69, 9.17) is 15.0 Å². The van der Waals surface area contributed by atoms with Crippen LogP contribution in [-0.2, 0) is 25.7 Å². The van der Waals surface area contributed by atoms with Gasteiger partial charge in [-0.2, -0.15) is 0 Å². The van der Waals surface area contributed by atoms with E-state index in [1.54, 1.807) is 0 Å². The Morgan fingerprint density at radius 2 is 0.667 bits per heavy atom. The Kier molecular flexibility index (Phi) is 14.5. The molecule has 0 saturated carbocycles. The summed E-state index contributed by atoms with van der Waals surface area (Å²) in [6.07, 6.45) is 9.82. The SMILES string of the molecule is [CH3][Ge]([CH3])([CH3])[c]1ccc(-c2ccc(CCc3cc(CCc4ccc(-c5cc[c]([Ge]([CH3])([CH3])[CH3])cc5)nc4)cc(-c4ccccc4-c4cnc(-c5ccccc5)cc4-c4ccc(-c5ccccc5)cc4)c3)cn2)cc1. The standard InChI is InChI=1S/C67H63Ge2N3/c1-68(2,3)59-35-31-56(32-36-59)65-39-25-48(45-70-65)21-23-50-41-51(24-22-49-26-40-66(71-46-49)57-33-37-60(38-34-57)69(4,5)6)43-58(42-50)61-19-13-14-20-62(61)64-47-72-67(55-17-11-8-12-18-55)44-63(64)54-29-27-53(28-30-54)52-15-9-7-10-16-52/h7-20,25-47H,21-24H2,1-6H3. The first-order chi connectivity index (χ1) is 34.9. The Morgan fingerprint density at radius 1 is 0.264 bits per heavy atom. The molecule has 0 bridgehead atoms. The van der Waals surface area contributed by atoms with Crippen LogP contribution in [0, 0.1) is 0 Å². The Labute approximate surface area is 432 Å². The minimum absolute atomic E-state index is 0.896. The Bertz CT molecular complexity index is 3290.